The highest BCUT2D eigenvalue weighted by Crippen LogP contribution is 2.19. The number of aliphatic hydroxyl groups excluding tert-OH is 1. The Hall–Kier alpha value is -0.470. The SMILES string of the molecule is CC(S)c1cccc(CO)c1. The van der Waals surface area contributed by atoms with Gasteiger partial charge in [0.15, 0.2) is 0 Å². The third kappa shape index (κ3) is 2.24. The van der Waals surface area contributed by atoms with Crippen LogP contribution in [-0.4, -0.2) is 5.11 Å². The quantitative estimate of drug-likeness (QED) is 0.648. The third-order valence-electron chi connectivity index (χ3n) is 1.62. The van der Waals surface area contributed by atoms with Gasteiger partial charge >= 0.3 is 0 Å². The summed E-state index contributed by atoms with van der Waals surface area (Å²) in [7, 11) is 0. The van der Waals surface area contributed by atoms with Crippen LogP contribution in [0.1, 0.15) is 23.3 Å². The minimum atomic E-state index is 0.105. The van der Waals surface area contributed by atoms with Gasteiger partial charge in [0.25, 0.3) is 0 Å². The Morgan fingerprint density at radius 1 is 1.55 bits per heavy atom. The number of aliphatic hydroxyl groups is 1. The van der Waals surface area contributed by atoms with Crippen molar-refractivity contribution in [3.8, 4) is 0 Å². The van der Waals surface area contributed by atoms with Gasteiger partial charge in [-0.25, -0.2) is 0 Å². The van der Waals surface area contributed by atoms with Crippen molar-refractivity contribution in [1.82, 2.24) is 0 Å². The van der Waals surface area contributed by atoms with Gasteiger partial charge in [0, 0.05) is 5.25 Å². The summed E-state index contributed by atoms with van der Waals surface area (Å²) < 4.78 is 0. The van der Waals surface area contributed by atoms with Crippen molar-refractivity contribution in [3.05, 3.63) is 35.4 Å². The second-order valence-corrected chi connectivity index (χ2v) is 3.35. The van der Waals surface area contributed by atoms with E-state index in [0.717, 1.165) is 11.1 Å². The molecule has 0 bridgehead atoms. The Morgan fingerprint density at radius 2 is 2.27 bits per heavy atom. The lowest BCUT2D eigenvalue weighted by Crippen LogP contribution is -1.87. The van der Waals surface area contributed by atoms with Gasteiger partial charge in [-0.05, 0) is 18.1 Å². The molecule has 0 heterocycles. The van der Waals surface area contributed by atoms with Gasteiger partial charge in [0.05, 0.1) is 6.61 Å². The monoisotopic (exact) mass is 168 g/mol. The lowest BCUT2D eigenvalue weighted by Gasteiger charge is -2.04. The number of hydrogen-bond acceptors (Lipinski definition) is 2. The zero-order valence-electron chi connectivity index (χ0n) is 6.49. The first-order valence-electron chi connectivity index (χ1n) is 3.62. The molecular weight excluding hydrogens is 156 g/mol. The molecule has 0 saturated carbocycles. The van der Waals surface area contributed by atoms with Crippen molar-refractivity contribution in [2.75, 3.05) is 0 Å². The van der Waals surface area contributed by atoms with E-state index >= 15 is 0 Å². The van der Waals surface area contributed by atoms with E-state index in [4.69, 9.17) is 5.11 Å². The van der Waals surface area contributed by atoms with Crippen molar-refractivity contribution < 1.29 is 5.11 Å². The first-order chi connectivity index (χ1) is 5.24. The van der Waals surface area contributed by atoms with Crippen LogP contribution in [0.3, 0.4) is 0 Å². The molecule has 11 heavy (non-hydrogen) atoms. The first-order valence-corrected chi connectivity index (χ1v) is 4.13. The molecule has 2 heteroatoms. The van der Waals surface area contributed by atoms with Crippen LogP contribution in [0.4, 0.5) is 0 Å². The van der Waals surface area contributed by atoms with Gasteiger partial charge in [-0.1, -0.05) is 24.3 Å². The van der Waals surface area contributed by atoms with Crippen molar-refractivity contribution in [3.63, 3.8) is 0 Å². The van der Waals surface area contributed by atoms with E-state index in [-0.39, 0.29) is 11.9 Å². The van der Waals surface area contributed by atoms with Crippen molar-refractivity contribution in [1.29, 1.82) is 0 Å². The molecule has 0 radical (unpaired) electrons. The van der Waals surface area contributed by atoms with Crippen molar-refractivity contribution in [2.45, 2.75) is 18.8 Å². The Balaban J connectivity index is 2.91. The molecule has 0 fully saturated rings. The predicted octanol–water partition coefficient (Wildman–Crippen LogP) is 2.17. The van der Waals surface area contributed by atoms with Crippen LogP contribution in [0, 0.1) is 0 Å². The summed E-state index contributed by atoms with van der Waals surface area (Å²) in [6.07, 6.45) is 0. The molecule has 1 nitrogen and oxygen atoms in total. The molecule has 1 aromatic rings. The van der Waals surface area contributed by atoms with E-state index < -0.39 is 0 Å². The fourth-order valence-electron chi connectivity index (χ4n) is 0.951. The summed E-state index contributed by atoms with van der Waals surface area (Å²) in [5.41, 5.74) is 2.10. The Kier molecular flexibility index (Phi) is 2.97. The van der Waals surface area contributed by atoms with Crippen LogP contribution in [0.5, 0.6) is 0 Å². The van der Waals surface area contributed by atoms with Crippen LogP contribution in [0.15, 0.2) is 24.3 Å². The largest absolute Gasteiger partial charge is 0.392 e. The van der Waals surface area contributed by atoms with E-state index in [1.54, 1.807) is 0 Å². The number of benzene rings is 1. The predicted molar refractivity (Wildman–Crippen MR) is 49.8 cm³/mol. The van der Waals surface area contributed by atoms with Crippen LogP contribution in [0.2, 0.25) is 0 Å². The summed E-state index contributed by atoms with van der Waals surface area (Å²) >= 11 is 4.29. The van der Waals surface area contributed by atoms with E-state index in [1.165, 1.54) is 0 Å². The van der Waals surface area contributed by atoms with Gasteiger partial charge in [-0.3, -0.25) is 0 Å². The van der Waals surface area contributed by atoms with Crippen LogP contribution < -0.4 is 0 Å². The molecule has 0 spiro atoms. The summed E-state index contributed by atoms with van der Waals surface area (Å²) in [4.78, 5) is 0. The highest BCUT2D eigenvalue weighted by Gasteiger charge is 1.98. The van der Waals surface area contributed by atoms with Crippen LogP contribution in [-0.2, 0) is 6.61 Å². The molecule has 1 unspecified atom stereocenters. The second-order valence-electron chi connectivity index (χ2n) is 2.58. The molecule has 1 rings (SSSR count). The lowest BCUT2D eigenvalue weighted by molar-refractivity contribution is 0.281. The highest BCUT2D eigenvalue weighted by molar-refractivity contribution is 7.80. The van der Waals surface area contributed by atoms with E-state index in [9.17, 15) is 0 Å². The Morgan fingerprint density at radius 3 is 2.82 bits per heavy atom. The van der Waals surface area contributed by atoms with E-state index in [0.29, 0.717) is 0 Å². The average Bonchev–Trinajstić information content (AvgIpc) is 2.05. The first kappa shape index (κ1) is 8.62. The van der Waals surface area contributed by atoms with E-state index in [1.807, 2.05) is 31.2 Å². The smallest absolute Gasteiger partial charge is 0.0681 e. The molecule has 0 saturated heterocycles. The molecule has 0 aromatic heterocycles. The summed E-state index contributed by atoms with van der Waals surface area (Å²) in [5, 5.41) is 9.06. The van der Waals surface area contributed by atoms with Crippen molar-refractivity contribution >= 4 is 12.6 Å². The lowest BCUT2D eigenvalue weighted by atomic mass is 10.1. The zero-order chi connectivity index (χ0) is 8.27. The topological polar surface area (TPSA) is 20.2 Å². The standard InChI is InChI=1S/C9H12OS/c1-7(11)9-4-2-3-8(5-9)6-10/h2-5,7,10-11H,6H2,1H3. The molecule has 0 aliphatic carbocycles. The third-order valence-corrected chi connectivity index (χ3v) is 1.91. The molecule has 0 amide bonds. The van der Waals surface area contributed by atoms with Crippen molar-refractivity contribution in [2.24, 2.45) is 0 Å². The maximum Gasteiger partial charge on any atom is 0.0681 e. The second kappa shape index (κ2) is 3.79. The normalized spacial score (nSPS) is 13.0. The molecule has 0 aliphatic heterocycles. The van der Waals surface area contributed by atoms with Gasteiger partial charge in [-0.15, -0.1) is 0 Å². The fourth-order valence-corrected chi connectivity index (χ4v) is 1.11. The van der Waals surface area contributed by atoms with Gasteiger partial charge in [-0.2, -0.15) is 12.6 Å². The molecule has 1 N–H and O–H groups in total. The fraction of sp³-hybridized carbons (Fsp3) is 0.333. The minimum absolute atomic E-state index is 0.105. The van der Waals surface area contributed by atoms with E-state index in [2.05, 4.69) is 12.6 Å². The number of rotatable bonds is 2. The maximum absolute atomic E-state index is 8.82. The van der Waals surface area contributed by atoms with Crippen LogP contribution in [0.25, 0.3) is 0 Å². The minimum Gasteiger partial charge on any atom is -0.392 e. The average molecular weight is 168 g/mol. The molecule has 0 aliphatic rings. The van der Waals surface area contributed by atoms with Gasteiger partial charge in [0.2, 0.25) is 0 Å². The maximum atomic E-state index is 8.82. The Labute approximate surface area is 72.5 Å². The van der Waals surface area contributed by atoms with Gasteiger partial charge in [0.1, 0.15) is 0 Å². The summed E-state index contributed by atoms with van der Waals surface area (Å²) in [6, 6.07) is 7.82. The number of thiol groups is 1. The van der Waals surface area contributed by atoms with Crippen LogP contribution >= 0.6 is 12.6 Å². The van der Waals surface area contributed by atoms with Gasteiger partial charge < -0.3 is 5.11 Å². The number of hydrogen-bond donors (Lipinski definition) is 2. The molecule has 1 atom stereocenters. The zero-order valence-corrected chi connectivity index (χ0v) is 7.38. The molecular formula is C9H12OS. The molecule has 60 valence electrons. The summed E-state index contributed by atoms with van der Waals surface area (Å²) in [5.74, 6) is 0. The molecule has 1 aromatic carbocycles. The highest BCUT2D eigenvalue weighted by atomic mass is 32.1. The summed E-state index contributed by atoms with van der Waals surface area (Å²) in [6.45, 7) is 2.12. The Bertz CT molecular complexity index is 233.